The van der Waals surface area contributed by atoms with Gasteiger partial charge in [0.25, 0.3) is 0 Å². The third kappa shape index (κ3) is 5.55. The number of hydrogen-bond acceptors (Lipinski definition) is 0. The largest absolute Gasteiger partial charge is 0.309 e. The predicted molar refractivity (Wildman–Crippen MR) is 279 cm³/mol. The van der Waals surface area contributed by atoms with Crippen LogP contribution in [0.25, 0.3) is 82.8 Å². The molecule has 0 saturated carbocycles. The lowest BCUT2D eigenvalue weighted by molar-refractivity contribution is 0.776. The molecule has 1 aromatic heterocycles. The monoisotopic (exact) mass is 849 g/mol. The Hall–Kier alpha value is -8.52. The van der Waals surface area contributed by atoms with Crippen molar-refractivity contribution in [2.75, 3.05) is 0 Å². The van der Waals surface area contributed by atoms with Crippen molar-refractivity contribution in [1.29, 1.82) is 0 Å². The molecule has 11 aromatic carbocycles. The summed E-state index contributed by atoms with van der Waals surface area (Å²) in [5, 5.41) is 5.00. The zero-order chi connectivity index (χ0) is 44.1. The van der Waals surface area contributed by atoms with Crippen LogP contribution >= 0.6 is 0 Å². The normalized spacial score (nSPS) is 14.2. The number of nitrogens with zero attached hydrogens (tertiary/aromatic N) is 1. The van der Waals surface area contributed by atoms with Gasteiger partial charge in [-0.2, -0.15) is 0 Å². The molecule has 0 aliphatic heterocycles. The number of fused-ring (bicyclic) bond motifs is 11. The summed E-state index contributed by atoms with van der Waals surface area (Å²) in [5.41, 5.74) is 22.3. The van der Waals surface area contributed by atoms with E-state index in [1.807, 2.05) is 0 Å². The maximum atomic E-state index is 2.51. The summed E-state index contributed by atoms with van der Waals surface area (Å²) in [7, 11) is 0. The Kier molecular flexibility index (Phi) is 8.33. The third-order valence-electron chi connectivity index (χ3n) is 14.9. The minimum atomic E-state index is -0.557. The molecule has 1 nitrogen and oxygen atoms in total. The van der Waals surface area contributed by atoms with Crippen LogP contribution in [0.15, 0.2) is 255 Å². The molecule has 1 heteroatoms. The van der Waals surface area contributed by atoms with Gasteiger partial charge in [-0.1, -0.05) is 218 Å². The summed E-state index contributed by atoms with van der Waals surface area (Å²) in [6, 6.07) is 95.2. The summed E-state index contributed by atoms with van der Waals surface area (Å²) < 4.78 is 2.51. The van der Waals surface area contributed by atoms with E-state index in [4.69, 9.17) is 0 Å². The van der Waals surface area contributed by atoms with Gasteiger partial charge in [0.15, 0.2) is 0 Å². The van der Waals surface area contributed by atoms with Crippen molar-refractivity contribution in [3.63, 3.8) is 0 Å². The highest BCUT2D eigenvalue weighted by molar-refractivity contribution is 6.16. The Labute approximate surface area is 390 Å². The van der Waals surface area contributed by atoms with Gasteiger partial charge in [-0.15, -0.1) is 0 Å². The molecule has 2 aliphatic carbocycles. The van der Waals surface area contributed by atoms with Gasteiger partial charge in [0.1, 0.15) is 0 Å². The fourth-order valence-electron chi connectivity index (χ4n) is 12.1. The molecule has 0 saturated heterocycles. The minimum absolute atomic E-state index is 0.167. The van der Waals surface area contributed by atoms with Gasteiger partial charge < -0.3 is 4.57 Å². The first kappa shape index (κ1) is 37.8. The fraction of sp³-hybridized carbons (Fsp3) is 0.0303. The van der Waals surface area contributed by atoms with Gasteiger partial charge in [-0.3, -0.25) is 0 Å². The van der Waals surface area contributed by atoms with E-state index < -0.39 is 5.41 Å². The molecule has 12 aromatic rings. The summed E-state index contributed by atoms with van der Waals surface area (Å²) in [5.74, 6) is 0.167. The first-order chi connectivity index (χ1) is 33.2. The molecule has 2 aliphatic rings. The number of rotatable bonds is 6. The minimum Gasteiger partial charge on any atom is -0.309 e. The highest BCUT2D eigenvalue weighted by atomic mass is 15.0. The van der Waals surface area contributed by atoms with Crippen molar-refractivity contribution in [3.05, 3.63) is 294 Å². The van der Waals surface area contributed by atoms with Crippen molar-refractivity contribution in [2.45, 2.75) is 11.3 Å². The first-order valence-electron chi connectivity index (χ1n) is 23.4. The second kappa shape index (κ2) is 14.8. The maximum absolute atomic E-state index is 2.51. The molecule has 0 fully saturated rings. The molecule has 0 bridgehead atoms. The highest BCUT2D eigenvalue weighted by Crippen LogP contribution is 2.59. The molecule has 0 spiro atoms. The first-order valence-corrected chi connectivity index (χ1v) is 23.4. The Bertz CT molecular complexity index is 3860. The van der Waals surface area contributed by atoms with Crippen LogP contribution in [0.3, 0.4) is 0 Å². The SMILES string of the molecule is c1ccc(-c2ccc(C3c4ccccc4-c4cc(-c5ccc6c(c5)c5c7c(ccc5n6-c5ccc6ccccc6c5)-c5ccccc5C7(c5ccccc5)c5ccccc5)ccc43)cc2)cc1. The van der Waals surface area contributed by atoms with E-state index in [9.17, 15) is 0 Å². The summed E-state index contributed by atoms with van der Waals surface area (Å²) >= 11 is 0. The zero-order valence-corrected chi connectivity index (χ0v) is 36.8. The van der Waals surface area contributed by atoms with Crippen molar-refractivity contribution >= 4 is 32.6 Å². The molecule has 67 heavy (non-hydrogen) atoms. The van der Waals surface area contributed by atoms with E-state index in [1.165, 1.54) is 116 Å². The molecule has 1 heterocycles. The van der Waals surface area contributed by atoms with Crippen LogP contribution in [0.1, 0.15) is 44.9 Å². The van der Waals surface area contributed by atoms with Gasteiger partial charge in [-0.05, 0) is 131 Å². The molecule has 1 unspecified atom stereocenters. The van der Waals surface area contributed by atoms with Crippen molar-refractivity contribution in [3.8, 4) is 50.2 Å². The Morgan fingerprint density at radius 1 is 0.343 bits per heavy atom. The molecule has 0 radical (unpaired) electrons. The van der Waals surface area contributed by atoms with E-state index in [2.05, 4.69) is 259 Å². The molecule has 1 atom stereocenters. The second-order valence-electron chi connectivity index (χ2n) is 18.3. The molecular formula is C66H43N. The quantitative estimate of drug-likeness (QED) is 0.157. The Balaban J connectivity index is 1.02. The van der Waals surface area contributed by atoms with Crippen molar-refractivity contribution in [2.24, 2.45) is 0 Å². The van der Waals surface area contributed by atoms with Crippen molar-refractivity contribution in [1.82, 2.24) is 4.57 Å². The zero-order valence-electron chi connectivity index (χ0n) is 36.8. The van der Waals surface area contributed by atoms with Gasteiger partial charge in [0, 0.05) is 22.4 Å². The van der Waals surface area contributed by atoms with Crippen LogP contribution in [0.2, 0.25) is 0 Å². The van der Waals surface area contributed by atoms with Crippen LogP contribution in [0.4, 0.5) is 0 Å². The lowest BCUT2D eigenvalue weighted by Crippen LogP contribution is -2.28. The standard InChI is InChI=1S/C66H43N/c1-4-16-43(17-5-1)45-28-30-46(31-29-45)63-55-26-13-12-24-53(55)58-41-48(33-36-56(58)63)49-34-38-61-59(42-49)64-62(67(61)52-35-32-44-18-10-11-19-47(44)40-52)39-37-57-54-25-14-15-27-60(54)66(65(57)64,50-20-6-2-7-21-50)51-22-8-3-9-23-51/h1-42,63H. The van der Waals surface area contributed by atoms with Crippen molar-refractivity contribution < 1.29 is 0 Å². The van der Waals surface area contributed by atoms with Gasteiger partial charge in [0.05, 0.1) is 16.4 Å². The lowest BCUT2D eigenvalue weighted by atomic mass is 9.67. The maximum Gasteiger partial charge on any atom is 0.0720 e. The number of aromatic nitrogens is 1. The average Bonchev–Trinajstić information content (AvgIpc) is 4.03. The highest BCUT2D eigenvalue weighted by Gasteiger charge is 2.47. The molecule has 0 N–H and O–H groups in total. The van der Waals surface area contributed by atoms with Crippen LogP contribution in [0.5, 0.6) is 0 Å². The van der Waals surface area contributed by atoms with Crippen LogP contribution in [0, 0.1) is 0 Å². The molecule has 14 rings (SSSR count). The molecule has 0 amide bonds. The predicted octanol–water partition coefficient (Wildman–Crippen LogP) is 16.8. The summed E-state index contributed by atoms with van der Waals surface area (Å²) in [4.78, 5) is 0. The third-order valence-corrected chi connectivity index (χ3v) is 14.9. The van der Waals surface area contributed by atoms with Crippen LogP contribution in [-0.4, -0.2) is 4.57 Å². The molecular weight excluding hydrogens is 807 g/mol. The average molecular weight is 850 g/mol. The Morgan fingerprint density at radius 2 is 0.925 bits per heavy atom. The summed E-state index contributed by atoms with van der Waals surface area (Å²) in [6.07, 6.45) is 0. The summed E-state index contributed by atoms with van der Waals surface area (Å²) in [6.45, 7) is 0. The second-order valence-corrected chi connectivity index (χ2v) is 18.3. The lowest BCUT2D eigenvalue weighted by Gasteiger charge is -2.34. The van der Waals surface area contributed by atoms with Crippen LogP contribution < -0.4 is 0 Å². The van der Waals surface area contributed by atoms with Crippen LogP contribution in [-0.2, 0) is 5.41 Å². The van der Waals surface area contributed by atoms with E-state index in [0.717, 1.165) is 5.69 Å². The van der Waals surface area contributed by atoms with E-state index in [-0.39, 0.29) is 5.92 Å². The van der Waals surface area contributed by atoms with Gasteiger partial charge in [-0.25, -0.2) is 0 Å². The smallest absolute Gasteiger partial charge is 0.0720 e. The van der Waals surface area contributed by atoms with E-state index in [1.54, 1.807) is 0 Å². The van der Waals surface area contributed by atoms with Gasteiger partial charge >= 0.3 is 0 Å². The Morgan fingerprint density at radius 3 is 1.70 bits per heavy atom. The number of benzene rings is 11. The van der Waals surface area contributed by atoms with E-state index in [0.29, 0.717) is 0 Å². The van der Waals surface area contributed by atoms with E-state index >= 15 is 0 Å². The molecule has 312 valence electrons. The fourth-order valence-corrected chi connectivity index (χ4v) is 12.1. The number of hydrogen-bond donors (Lipinski definition) is 0. The van der Waals surface area contributed by atoms with Gasteiger partial charge in [0.2, 0.25) is 0 Å². The topological polar surface area (TPSA) is 4.93 Å².